The molecule has 1 aromatic carbocycles. The minimum atomic E-state index is -4.66. The van der Waals surface area contributed by atoms with Crippen molar-refractivity contribution < 1.29 is 32.3 Å². The Morgan fingerprint density at radius 2 is 1.77 bits per heavy atom. The fourth-order valence-corrected chi connectivity index (χ4v) is 2.44. The van der Waals surface area contributed by atoms with Gasteiger partial charge in [0, 0.05) is 19.0 Å². The molecule has 1 heterocycles. The SMILES string of the molecule is O=C(c1cc(C(F)(F)F)ccc1F)C1CCN(C(=O)O)CC1. The van der Waals surface area contributed by atoms with Crippen LogP contribution in [0, 0.1) is 11.7 Å². The molecule has 2 rings (SSSR count). The average molecular weight is 319 g/mol. The third-order valence-electron chi connectivity index (χ3n) is 3.70. The minimum Gasteiger partial charge on any atom is -0.465 e. The zero-order valence-electron chi connectivity index (χ0n) is 11.4. The van der Waals surface area contributed by atoms with Crippen molar-refractivity contribution in [2.24, 2.45) is 5.92 Å². The van der Waals surface area contributed by atoms with Gasteiger partial charge in [0.15, 0.2) is 5.78 Å². The average Bonchev–Trinajstić information content (AvgIpc) is 2.46. The first-order chi connectivity index (χ1) is 10.2. The summed E-state index contributed by atoms with van der Waals surface area (Å²) in [6, 6.07) is 1.73. The monoisotopic (exact) mass is 319 g/mol. The van der Waals surface area contributed by atoms with Crippen LogP contribution in [0.3, 0.4) is 0 Å². The molecule has 8 heteroatoms. The van der Waals surface area contributed by atoms with E-state index in [1.165, 1.54) is 0 Å². The fraction of sp³-hybridized carbons (Fsp3) is 0.429. The maximum absolute atomic E-state index is 13.7. The van der Waals surface area contributed by atoms with Crippen molar-refractivity contribution in [2.75, 3.05) is 13.1 Å². The number of nitrogens with zero attached hydrogens (tertiary/aromatic N) is 1. The van der Waals surface area contributed by atoms with E-state index in [0.29, 0.717) is 18.2 Å². The summed E-state index contributed by atoms with van der Waals surface area (Å²) >= 11 is 0. The molecular weight excluding hydrogens is 306 g/mol. The molecule has 0 saturated carbocycles. The lowest BCUT2D eigenvalue weighted by Gasteiger charge is -2.29. The van der Waals surface area contributed by atoms with Crippen LogP contribution in [0.5, 0.6) is 0 Å². The molecule has 0 unspecified atom stereocenters. The van der Waals surface area contributed by atoms with Gasteiger partial charge in [-0.3, -0.25) is 4.79 Å². The van der Waals surface area contributed by atoms with E-state index in [0.717, 1.165) is 4.90 Å². The molecule has 1 N–H and O–H groups in total. The van der Waals surface area contributed by atoms with Gasteiger partial charge in [0.05, 0.1) is 11.1 Å². The Morgan fingerprint density at radius 3 is 2.27 bits per heavy atom. The number of hydrogen-bond donors (Lipinski definition) is 1. The first-order valence-electron chi connectivity index (χ1n) is 6.59. The molecule has 1 aliphatic heterocycles. The van der Waals surface area contributed by atoms with E-state index in [-0.39, 0.29) is 25.9 Å². The van der Waals surface area contributed by atoms with Gasteiger partial charge in [-0.1, -0.05) is 0 Å². The van der Waals surface area contributed by atoms with Crippen LogP contribution >= 0.6 is 0 Å². The second kappa shape index (κ2) is 5.94. The van der Waals surface area contributed by atoms with Gasteiger partial charge in [-0.15, -0.1) is 0 Å². The molecule has 4 nitrogen and oxygen atoms in total. The first-order valence-corrected chi connectivity index (χ1v) is 6.59. The number of amides is 1. The lowest BCUT2D eigenvalue weighted by atomic mass is 9.88. The maximum atomic E-state index is 13.7. The molecule has 1 fully saturated rings. The number of likely N-dealkylation sites (tertiary alicyclic amines) is 1. The van der Waals surface area contributed by atoms with Gasteiger partial charge >= 0.3 is 12.3 Å². The highest BCUT2D eigenvalue weighted by atomic mass is 19.4. The van der Waals surface area contributed by atoms with E-state index in [2.05, 4.69) is 0 Å². The normalized spacial score (nSPS) is 16.6. The molecule has 0 radical (unpaired) electrons. The highest BCUT2D eigenvalue weighted by Gasteiger charge is 2.34. The number of hydrogen-bond acceptors (Lipinski definition) is 2. The second-order valence-electron chi connectivity index (χ2n) is 5.10. The topological polar surface area (TPSA) is 57.6 Å². The summed E-state index contributed by atoms with van der Waals surface area (Å²) in [6.45, 7) is 0.207. The van der Waals surface area contributed by atoms with Crippen molar-refractivity contribution in [1.82, 2.24) is 4.90 Å². The van der Waals surface area contributed by atoms with Gasteiger partial charge in [-0.25, -0.2) is 9.18 Å². The summed E-state index contributed by atoms with van der Waals surface area (Å²) in [5.74, 6) is -2.39. The molecule has 0 spiro atoms. The van der Waals surface area contributed by atoms with Crippen molar-refractivity contribution in [2.45, 2.75) is 19.0 Å². The molecule has 0 bridgehead atoms. The van der Waals surface area contributed by atoms with Crippen LogP contribution in [-0.2, 0) is 6.18 Å². The zero-order chi connectivity index (χ0) is 16.5. The van der Waals surface area contributed by atoms with E-state index in [4.69, 9.17) is 5.11 Å². The van der Waals surface area contributed by atoms with Gasteiger partial charge in [-0.05, 0) is 31.0 Å². The second-order valence-corrected chi connectivity index (χ2v) is 5.10. The molecule has 0 aromatic heterocycles. The zero-order valence-corrected chi connectivity index (χ0v) is 11.4. The number of piperidine rings is 1. The lowest BCUT2D eigenvalue weighted by molar-refractivity contribution is -0.137. The van der Waals surface area contributed by atoms with Crippen molar-refractivity contribution in [3.05, 3.63) is 35.1 Å². The van der Waals surface area contributed by atoms with Crippen LogP contribution in [0.15, 0.2) is 18.2 Å². The number of rotatable bonds is 2. The standard InChI is InChI=1S/C14H13F4NO3/c15-11-2-1-9(14(16,17)18)7-10(11)12(20)8-3-5-19(6-4-8)13(21)22/h1-2,7-8H,3-6H2,(H,21,22). The molecule has 1 saturated heterocycles. The van der Waals surface area contributed by atoms with Crippen LogP contribution in [0.1, 0.15) is 28.8 Å². The summed E-state index contributed by atoms with van der Waals surface area (Å²) in [7, 11) is 0. The third-order valence-corrected chi connectivity index (χ3v) is 3.70. The van der Waals surface area contributed by atoms with Crippen molar-refractivity contribution in [3.8, 4) is 0 Å². The van der Waals surface area contributed by atoms with E-state index in [9.17, 15) is 27.2 Å². The first kappa shape index (κ1) is 16.3. The smallest absolute Gasteiger partial charge is 0.416 e. The van der Waals surface area contributed by atoms with Gasteiger partial charge in [0.2, 0.25) is 0 Å². The van der Waals surface area contributed by atoms with Gasteiger partial charge in [0.25, 0.3) is 0 Å². The summed E-state index contributed by atoms with van der Waals surface area (Å²) in [6.07, 6.45) is -5.44. The van der Waals surface area contributed by atoms with Crippen LogP contribution < -0.4 is 0 Å². The van der Waals surface area contributed by atoms with Crippen LogP contribution in [0.4, 0.5) is 22.4 Å². The Kier molecular flexibility index (Phi) is 4.39. The van der Waals surface area contributed by atoms with Crippen molar-refractivity contribution >= 4 is 11.9 Å². The quantitative estimate of drug-likeness (QED) is 0.671. The van der Waals surface area contributed by atoms with Crippen molar-refractivity contribution in [3.63, 3.8) is 0 Å². The van der Waals surface area contributed by atoms with Crippen molar-refractivity contribution in [1.29, 1.82) is 0 Å². The molecule has 22 heavy (non-hydrogen) atoms. The number of benzene rings is 1. The molecule has 120 valence electrons. The highest BCUT2D eigenvalue weighted by Crippen LogP contribution is 2.32. The van der Waals surface area contributed by atoms with Crippen LogP contribution in [0.25, 0.3) is 0 Å². The number of Topliss-reactive ketones (excluding diaryl/α,β-unsaturated/α-hetero) is 1. The Hall–Kier alpha value is -2.12. The number of carbonyl (C=O) groups is 2. The maximum Gasteiger partial charge on any atom is 0.416 e. The molecule has 1 amide bonds. The molecule has 0 atom stereocenters. The molecular formula is C14H13F4NO3. The number of halogens is 4. The van der Waals surface area contributed by atoms with Crippen LogP contribution in [0.2, 0.25) is 0 Å². The summed E-state index contributed by atoms with van der Waals surface area (Å²) in [5, 5.41) is 8.81. The summed E-state index contributed by atoms with van der Waals surface area (Å²) in [4.78, 5) is 24.1. The highest BCUT2D eigenvalue weighted by molar-refractivity contribution is 5.98. The number of carbonyl (C=O) groups excluding carboxylic acids is 1. The number of carboxylic acid groups (broad SMARTS) is 1. The Balaban J connectivity index is 2.18. The van der Waals surface area contributed by atoms with E-state index < -0.39 is 40.9 Å². The van der Waals surface area contributed by atoms with Gasteiger partial charge in [-0.2, -0.15) is 13.2 Å². The van der Waals surface area contributed by atoms with E-state index >= 15 is 0 Å². The number of ketones is 1. The lowest BCUT2D eigenvalue weighted by Crippen LogP contribution is -2.39. The molecule has 1 aliphatic rings. The molecule has 1 aromatic rings. The summed E-state index contributed by atoms with van der Waals surface area (Å²) in [5.41, 5.74) is -1.68. The fourth-order valence-electron chi connectivity index (χ4n) is 2.44. The molecule has 0 aliphatic carbocycles. The van der Waals surface area contributed by atoms with E-state index in [1.807, 2.05) is 0 Å². The Labute approximate surface area is 123 Å². The largest absolute Gasteiger partial charge is 0.465 e. The van der Waals surface area contributed by atoms with Gasteiger partial charge < -0.3 is 10.0 Å². The third kappa shape index (κ3) is 3.37. The Morgan fingerprint density at radius 1 is 1.18 bits per heavy atom. The Bertz CT molecular complexity index is 592. The number of alkyl halides is 3. The predicted octanol–water partition coefficient (Wildman–Crippen LogP) is 3.42. The van der Waals surface area contributed by atoms with Gasteiger partial charge in [0.1, 0.15) is 5.82 Å². The van der Waals surface area contributed by atoms with Crippen LogP contribution in [-0.4, -0.2) is 35.0 Å². The van der Waals surface area contributed by atoms with E-state index in [1.54, 1.807) is 0 Å². The predicted molar refractivity (Wildman–Crippen MR) is 68.1 cm³/mol. The summed E-state index contributed by atoms with van der Waals surface area (Å²) < 4.78 is 51.6. The minimum absolute atomic E-state index is 0.103.